The van der Waals surface area contributed by atoms with Gasteiger partial charge in [-0.25, -0.2) is 0 Å². The number of carbonyl (C=O) groups excluding carboxylic acids is 2. The molecule has 3 aliphatic rings. The number of carbonyl (C=O) groups is 2. The van der Waals surface area contributed by atoms with Crippen molar-refractivity contribution in [3.05, 3.63) is 47.2 Å². The van der Waals surface area contributed by atoms with Crippen molar-refractivity contribution < 1.29 is 9.59 Å². The van der Waals surface area contributed by atoms with Gasteiger partial charge in [0.1, 0.15) is 0 Å². The van der Waals surface area contributed by atoms with Crippen LogP contribution < -0.4 is 10.6 Å². The molecule has 0 saturated heterocycles. The van der Waals surface area contributed by atoms with Crippen LogP contribution in [-0.2, 0) is 9.59 Å². The molecule has 2 aliphatic heterocycles. The van der Waals surface area contributed by atoms with Crippen molar-refractivity contribution in [1.82, 2.24) is 15.5 Å². The first-order valence-corrected chi connectivity index (χ1v) is 8.27. The molecule has 0 aromatic heterocycles. The van der Waals surface area contributed by atoms with E-state index in [0.717, 1.165) is 29.8 Å². The molecule has 2 heterocycles. The SMILES string of the molecule is CCCNCC(=O)N1CCC2=C(C1)C1C=CC=CC=C1C(=O)N2. The van der Waals surface area contributed by atoms with Gasteiger partial charge in [-0.2, -0.15) is 0 Å². The second kappa shape index (κ2) is 6.96. The number of allylic oxidation sites excluding steroid dienone is 5. The lowest BCUT2D eigenvalue weighted by Gasteiger charge is -2.37. The number of amides is 2. The van der Waals surface area contributed by atoms with Crippen LogP contribution in [0, 0.1) is 5.92 Å². The molecule has 0 aromatic rings. The quantitative estimate of drug-likeness (QED) is 0.769. The summed E-state index contributed by atoms with van der Waals surface area (Å²) in [5.41, 5.74) is 2.90. The monoisotopic (exact) mass is 313 g/mol. The minimum absolute atomic E-state index is 0.0191. The van der Waals surface area contributed by atoms with E-state index in [4.69, 9.17) is 0 Å². The Balaban J connectivity index is 1.76. The maximum atomic E-state index is 12.3. The molecular weight excluding hydrogens is 290 g/mol. The summed E-state index contributed by atoms with van der Waals surface area (Å²) in [7, 11) is 0. The van der Waals surface area contributed by atoms with Crippen LogP contribution >= 0.6 is 0 Å². The summed E-state index contributed by atoms with van der Waals surface area (Å²) in [6.07, 6.45) is 11.4. The smallest absolute Gasteiger partial charge is 0.252 e. The van der Waals surface area contributed by atoms with Gasteiger partial charge >= 0.3 is 0 Å². The second-order valence-corrected chi connectivity index (χ2v) is 6.07. The Morgan fingerprint density at radius 2 is 2.26 bits per heavy atom. The first kappa shape index (κ1) is 15.7. The van der Waals surface area contributed by atoms with Crippen molar-refractivity contribution in [2.45, 2.75) is 19.8 Å². The minimum Gasteiger partial charge on any atom is -0.337 e. The van der Waals surface area contributed by atoms with Crippen molar-refractivity contribution >= 4 is 11.8 Å². The lowest BCUT2D eigenvalue weighted by atomic mass is 9.83. The molecule has 0 fully saturated rings. The van der Waals surface area contributed by atoms with E-state index in [1.807, 2.05) is 35.3 Å². The zero-order chi connectivity index (χ0) is 16.2. The molecular formula is C18H23N3O2. The number of hydrogen-bond acceptors (Lipinski definition) is 3. The second-order valence-electron chi connectivity index (χ2n) is 6.07. The Hall–Kier alpha value is -2.14. The molecule has 1 aliphatic carbocycles. The lowest BCUT2D eigenvalue weighted by molar-refractivity contribution is -0.130. The van der Waals surface area contributed by atoms with Gasteiger partial charge in [-0.1, -0.05) is 37.3 Å². The molecule has 5 heteroatoms. The number of rotatable bonds is 4. The third-order valence-electron chi connectivity index (χ3n) is 4.47. The number of nitrogens with zero attached hydrogens (tertiary/aromatic N) is 1. The van der Waals surface area contributed by atoms with Crippen LogP contribution in [0.2, 0.25) is 0 Å². The summed E-state index contributed by atoms with van der Waals surface area (Å²) in [6.45, 7) is 4.58. The fraction of sp³-hybridized carbons (Fsp3) is 0.444. The maximum Gasteiger partial charge on any atom is 0.252 e. The molecule has 1 atom stereocenters. The van der Waals surface area contributed by atoms with Crippen LogP contribution in [-0.4, -0.2) is 42.9 Å². The predicted molar refractivity (Wildman–Crippen MR) is 89.4 cm³/mol. The first-order chi connectivity index (χ1) is 11.2. The summed E-state index contributed by atoms with van der Waals surface area (Å²) in [5, 5.41) is 6.17. The molecule has 0 bridgehead atoms. The number of nitrogens with one attached hydrogen (secondary N) is 2. The third-order valence-corrected chi connectivity index (χ3v) is 4.47. The maximum absolute atomic E-state index is 12.3. The van der Waals surface area contributed by atoms with E-state index in [-0.39, 0.29) is 17.7 Å². The lowest BCUT2D eigenvalue weighted by Crippen LogP contribution is -2.47. The van der Waals surface area contributed by atoms with Gasteiger partial charge in [-0.3, -0.25) is 9.59 Å². The molecule has 1 unspecified atom stereocenters. The average molecular weight is 313 g/mol. The van der Waals surface area contributed by atoms with Crippen LogP contribution in [0.25, 0.3) is 0 Å². The van der Waals surface area contributed by atoms with Gasteiger partial charge in [0, 0.05) is 36.7 Å². The van der Waals surface area contributed by atoms with Crippen LogP contribution in [0.15, 0.2) is 47.2 Å². The summed E-state index contributed by atoms with van der Waals surface area (Å²) in [4.78, 5) is 26.5. The summed E-state index contributed by atoms with van der Waals surface area (Å²) < 4.78 is 0. The molecule has 5 nitrogen and oxygen atoms in total. The fourth-order valence-electron chi connectivity index (χ4n) is 3.25. The first-order valence-electron chi connectivity index (χ1n) is 8.27. The van der Waals surface area contributed by atoms with E-state index >= 15 is 0 Å². The van der Waals surface area contributed by atoms with Crippen molar-refractivity contribution in [1.29, 1.82) is 0 Å². The highest BCUT2D eigenvalue weighted by molar-refractivity contribution is 5.98. The van der Waals surface area contributed by atoms with Crippen LogP contribution in [0.5, 0.6) is 0 Å². The molecule has 2 amide bonds. The van der Waals surface area contributed by atoms with E-state index in [0.29, 0.717) is 26.1 Å². The molecule has 23 heavy (non-hydrogen) atoms. The Morgan fingerprint density at radius 1 is 1.39 bits per heavy atom. The van der Waals surface area contributed by atoms with E-state index in [9.17, 15) is 9.59 Å². The molecule has 2 N–H and O–H groups in total. The van der Waals surface area contributed by atoms with Gasteiger partial charge in [0.05, 0.1) is 6.54 Å². The number of fused-ring (bicyclic) bond motifs is 2. The molecule has 0 aromatic carbocycles. The van der Waals surface area contributed by atoms with Crippen LogP contribution in [0.1, 0.15) is 19.8 Å². The standard InChI is InChI=1S/C18H23N3O2/c1-2-9-19-11-17(22)21-10-8-16-15(12-21)13-6-4-3-5-7-14(13)18(23)20-16/h3-7,13,19H,2,8-12H2,1H3,(H,20,23). The average Bonchev–Trinajstić information content (AvgIpc) is 2.81. The van der Waals surface area contributed by atoms with E-state index in [2.05, 4.69) is 17.6 Å². The van der Waals surface area contributed by atoms with E-state index in [1.165, 1.54) is 0 Å². The molecule has 0 spiro atoms. The van der Waals surface area contributed by atoms with Gasteiger partial charge in [0.15, 0.2) is 0 Å². The Kier molecular flexibility index (Phi) is 4.76. The molecule has 0 radical (unpaired) electrons. The highest BCUT2D eigenvalue weighted by Crippen LogP contribution is 2.34. The highest BCUT2D eigenvalue weighted by atomic mass is 16.2. The molecule has 3 rings (SSSR count). The summed E-state index contributed by atoms with van der Waals surface area (Å²) >= 11 is 0. The van der Waals surface area contributed by atoms with Crippen LogP contribution in [0.4, 0.5) is 0 Å². The van der Waals surface area contributed by atoms with E-state index in [1.54, 1.807) is 0 Å². The third kappa shape index (κ3) is 3.29. The molecule has 0 saturated carbocycles. The van der Waals surface area contributed by atoms with Gasteiger partial charge < -0.3 is 15.5 Å². The zero-order valence-corrected chi connectivity index (χ0v) is 13.5. The van der Waals surface area contributed by atoms with Crippen LogP contribution in [0.3, 0.4) is 0 Å². The summed E-state index contributed by atoms with van der Waals surface area (Å²) in [5.74, 6) is 0.0884. The van der Waals surface area contributed by atoms with Gasteiger partial charge in [0.2, 0.25) is 5.91 Å². The molecule has 122 valence electrons. The minimum atomic E-state index is -0.0204. The van der Waals surface area contributed by atoms with Crippen molar-refractivity contribution in [3.63, 3.8) is 0 Å². The van der Waals surface area contributed by atoms with Crippen molar-refractivity contribution in [2.24, 2.45) is 5.92 Å². The summed E-state index contributed by atoms with van der Waals surface area (Å²) in [6, 6.07) is 0. The number of hydrogen-bond donors (Lipinski definition) is 2. The largest absolute Gasteiger partial charge is 0.337 e. The van der Waals surface area contributed by atoms with Crippen molar-refractivity contribution in [3.8, 4) is 0 Å². The Labute approximate surface area is 136 Å². The predicted octanol–water partition coefficient (Wildman–Crippen LogP) is 1.27. The zero-order valence-electron chi connectivity index (χ0n) is 13.5. The Morgan fingerprint density at radius 3 is 3.09 bits per heavy atom. The van der Waals surface area contributed by atoms with E-state index < -0.39 is 0 Å². The highest BCUT2D eigenvalue weighted by Gasteiger charge is 2.34. The van der Waals surface area contributed by atoms with Gasteiger partial charge in [-0.05, 0) is 18.5 Å². The van der Waals surface area contributed by atoms with Gasteiger partial charge in [-0.15, -0.1) is 0 Å². The fourth-order valence-corrected chi connectivity index (χ4v) is 3.25. The Bertz CT molecular complexity index is 628. The van der Waals surface area contributed by atoms with Crippen molar-refractivity contribution in [2.75, 3.05) is 26.2 Å². The topological polar surface area (TPSA) is 61.4 Å². The van der Waals surface area contributed by atoms with Gasteiger partial charge in [0.25, 0.3) is 5.91 Å². The normalized spacial score (nSPS) is 23.0.